The SMILES string of the molecule is Cc1cnc2c(c1)Oc1cc(C(C)(C)C)cc3c4cc(C)c(Oc5[c-]c(C6=N[C@]7(C)c8cc(C)c(C)cc8C[C@]7(C(C)(C)C)O6)ccc5)[c-]c4n-2c13.[Pt+2]. The van der Waals surface area contributed by atoms with Gasteiger partial charge in [0.2, 0.25) is 0 Å². The van der Waals surface area contributed by atoms with Crippen molar-refractivity contribution in [2.45, 2.75) is 99.1 Å². The van der Waals surface area contributed by atoms with E-state index in [1.807, 2.05) is 37.4 Å². The van der Waals surface area contributed by atoms with Crippen molar-refractivity contribution in [3.05, 3.63) is 117 Å². The van der Waals surface area contributed by atoms with E-state index >= 15 is 0 Å². The Bertz CT molecular complexity index is 2570. The van der Waals surface area contributed by atoms with Gasteiger partial charge in [0, 0.05) is 29.5 Å². The molecule has 2 aliphatic heterocycles. The van der Waals surface area contributed by atoms with Crippen LogP contribution in [-0.4, -0.2) is 21.0 Å². The molecule has 0 unspecified atom stereocenters. The maximum Gasteiger partial charge on any atom is 2.00 e. The number of hydrogen-bond donors (Lipinski definition) is 0. The smallest absolute Gasteiger partial charge is 0.510 e. The van der Waals surface area contributed by atoms with Gasteiger partial charge >= 0.3 is 21.1 Å². The number of nitrogens with zero attached hydrogens (tertiary/aromatic N) is 3. The Morgan fingerprint density at radius 1 is 0.849 bits per heavy atom. The number of hydrogen-bond acceptors (Lipinski definition) is 5. The number of benzene rings is 4. The molecule has 0 radical (unpaired) electrons. The number of aryl methyl sites for hydroxylation is 4. The molecule has 0 spiro atoms. The molecular formula is C46H45N3O3Pt. The van der Waals surface area contributed by atoms with Crippen LogP contribution in [0.4, 0.5) is 0 Å². The Hall–Kier alpha value is -4.41. The molecule has 6 nitrogen and oxygen atoms in total. The van der Waals surface area contributed by atoms with Gasteiger partial charge in [-0.25, -0.2) is 4.98 Å². The minimum absolute atomic E-state index is 0. The zero-order valence-corrected chi connectivity index (χ0v) is 34.6. The molecule has 9 rings (SSSR count). The third-order valence-electron chi connectivity index (χ3n) is 11.8. The maximum absolute atomic E-state index is 7.07. The van der Waals surface area contributed by atoms with E-state index in [1.54, 1.807) is 0 Å². The van der Waals surface area contributed by atoms with E-state index in [4.69, 9.17) is 24.2 Å². The summed E-state index contributed by atoms with van der Waals surface area (Å²) in [6.45, 7) is 24.2. The maximum atomic E-state index is 7.07. The molecule has 0 N–H and O–H groups in total. The van der Waals surface area contributed by atoms with Crippen molar-refractivity contribution in [3.8, 4) is 28.8 Å². The average molecular weight is 883 g/mol. The van der Waals surface area contributed by atoms with Gasteiger partial charge in [0.25, 0.3) is 0 Å². The van der Waals surface area contributed by atoms with Gasteiger partial charge in [-0.1, -0.05) is 83.8 Å². The molecule has 0 saturated carbocycles. The Morgan fingerprint density at radius 2 is 1.60 bits per heavy atom. The fourth-order valence-corrected chi connectivity index (χ4v) is 8.70. The zero-order chi connectivity index (χ0) is 36.7. The van der Waals surface area contributed by atoms with Crippen LogP contribution >= 0.6 is 0 Å². The second kappa shape index (κ2) is 11.5. The molecule has 4 heterocycles. The van der Waals surface area contributed by atoms with Crippen molar-refractivity contribution >= 4 is 27.7 Å². The van der Waals surface area contributed by atoms with Crippen molar-refractivity contribution in [1.29, 1.82) is 0 Å². The van der Waals surface area contributed by atoms with Crippen LogP contribution in [0.2, 0.25) is 0 Å². The molecular weight excluding hydrogens is 838 g/mol. The zero-order valence-electron chi connectivity index (χ0n) is 32.4. The first-order valence-electron chi connectivity index (χ1n) is 18.3. The van der Waals surface area contributed by atoms with Gasteiger partial charge in [-0.05, 0) is 84.0 Å². The fraction of sp³-hybridized carbons (Fsp3) is 0.348. The summed E-state index contributed by atoms with van der Waals surface area (Å²) in [5, 5.41) is 2.19. The van der Waals surface area contributed by atoms with E-state index in [9.17, 15) is 0 Å². The van der Waals surface area contributed by atoms with Crippen LogP contribution in [0.1, 0.15) is 93.0 Å². The van der Waals surface area contributed by atoms with Gasteiger partial charge in [0.05, 0.1) is 5.52 Å². The normalized spacial score (nSPS) is 19.9. The standard InChI is InChI=1S/C46H45N3O3.Pt/c1-25-15-39-41(47-24-25)49-36-22-37(28(4)17-33(36)34-20-31(43(5,6)7)21-38(51-39)40(34)49)50-32-14-12-13-29(19-32)42-48-45(11)35-18-27(3)26(2)16-30(35)23-46(45,52-42)44(8,9)10;/h12-18,20-21,24H,23H2,1-11H3;/q-2;+2/t45-,46-;/m1./s1. The number of fused-ring (bicyclic) bond motifs is 8. The van der Waals surface area contributed by atoms with Gasteiger partial charge in [-0.3, -0.25) is 4.99 Å². The van der Waals surface area contributed by atoms with Crippen LogP contribution in [0, 0.1) is 45.2 Å². The number of aromatic nitrogens is 2. The van der Waals surface area contributed by atoms with E-state index in [-0.39, 0.29) is 31.9 Å². The minimum atomic E-state index is -0.537. The van der Waals surface area contributed by atoms with Crippen LogP contribution < -0.4 is 9.47 Å². The Kier molecular flexibility index (Phi) is 7.76. The van der Waals surface area contributed by atoms with Gasteiger partial charge in [-0.2, -0.15) is 6.07 Å². The summed E-state index contributed by atoms with van der Waals surface area (Å²) in [6.07, 6.45) is 2.68. The van der Waals surface area contributed by atoms with Crippen molar-refractivity contribution in [1.82, 2.24) is 9.55 Å². The average Bonchev–Trinajstić information content (AvgIpc) is 3.64. The van der Waals surface area contributed by atoms with Crippen LogP contribution in [0.25, 0.3) is 27.6 Å². The molecule has 2 atom stereocenters. The minimum Gasteiger partial charge on any atom is -0.510 e. The number of rotatable bonds is 3. The Balaban J connectivity index is 0.00000400. The molecule has 2 aromatic heterocycles. The first-order valence-corrected chi connectivity index (χ1v) is 18.3. The van der Waals surface area contributed by atoms with Crippen molar-refractivity contribution in [2.24, 2.45) is 10.4 Å². The van der Waals surface area contributed by atoms with Crippen LogP contribution in [-0.2, 0) is 43.2 Å². The largest absolute Gasteiger partial charge is 2.00 e. The predicted octanol–water partition coefficient (Wildman–Crippen LogP) is 11.2. The molecule has 4 aromatic carbocycles. The van der Waals surface area contributed by atoms with E-state index in [0.717, 1.165) is 62.2 Å². The molecule has 1 aliphatic carbocycles. The molecule has 0 bridgehead atoms. The monoisotopic (exact) mass is 882 g/mol. The topological polar surface area (TPSA) is 57.9 Å². The molecule has 53 heavy (non-hydrogen) atoms. The van der Waals surface area contributed by atoms with Crippen LogP contribution in [0.5, 0.6) is 23.0 Å². The summed E-state index contributed by atoms with van der Waals surface area (Å²) < 4.78 is 22.4. The number of pyridine rings is 1. The van der Waals surface area contributed by atoms with E-state index < -0.39 is 11.1 Å². The van der Waals surface area contributed by atoms with Gasteiger partial charge < -0.3 is 18.8 Å². The summed E-state index contributed by atoms with van der Waals surface area (Å²) in [7, 11) is 0. The molecule has 272 valence electrons. The van der Waals surface area contributed by atoms with Crippen molar-refractivity contribution < 1.29 is 35.3 Å². The third kappa shape index (κ3) is 5.08. The van der Waals surface area contributed by atoms with Gasteiger partial charge in [-0.15, -0.1) is 35.2 Å². The van der Waals surface area contributed by atoms with E-state index in [1.165, 1.54) is 27.8 Å². The van der Waals surface area contributed by atoms with Crippen molar-refractivity contribution in [2.75, 3.05) is 0 Å². The summed E-state index contributed by atoms with van der Waals surface area (Å²) in [4.78, 5) is 10.2. The second-order valence-electron chi connectivity index (χ2n) is 17.4. The van der Waals surface area contributed by atoms with Crippen LogP contribution in [0.3, 0.4) is 0 Å². The third-order valence-corrected chi connectivity index (χ3v) is 11.8. The number of aliphatic imine (C=N–C) groups is 1. The Morgan fingerprint density at radius 3 is 2.34 bits per heavy atom. The van der Waals surface area contributed by atoms with Crippen LogP contribution in [0.15, 0.2) is 65.8 Å². The number of ether oxygens (including phenoxy) is 3. The molecule has 0 fully saturated rings. The van der Waals surface area contributed by atoms with Gasteiger partial charge in [0.1, 0.15) is 17.0 Å². The molecule has 7 heteroatoms. The summed E-state index contributed by atoms with van der Waals surface area (Å²) >= 11 is 0. The first-order chi connectivity index (χ1) is 24.5. The quantitative estimate of drug-likeness (QED) is 0.166. The molecule has 0 saturated heterocycles. The predicted molar refractivity (Wildman–Crippen MR) is 208 cm³/mol. The summed E-state index contributed by atoms with van der Waals surface area (Å²) in [6, 6.07) is 26.4. The first kappa shape index (κ1) is 35.6. The fourth-order valence-electron chi connectivity index (χ4n) is 8.70. The molecule has 3 aliphatic rings. The van der Waals surface area contributed by atoms with Gasteiger partial charge in [0.15, 0.2) is 17.3 Å². The molecule has 6 aromatic rings. The van der Waals surface area contributed by atoms with E-state index in [2.05, 4.69) is 116 Å². The summed E-state index contributed by atoms with van der Waals surface area (Å²) in [5.41, 5.74) is 9.70. The van der Waals surface area contributed by atoms with E-state index in [0.29, 0.717) is 17.4 Å². The Labute approximate surface area is 326 Å². The molecule has 0 amide bonds. The second-order valence-corrected chi connectivity index (χ2v) is 17.4. The van der Waals surface area contributed by atoms with Crippen molar-refractivity contribution in [3.63, 3.8) is 0 Å². The summed E-state index contributed by atoms with van der Waals surface area (Å²) in [5.74, 6) is 4.10.